The van der Waals surface area contributed by atoms with Crippen molar-refractivity contribution >= 4 is 17.7 Å². The van der Waals surface area contributed by atoms with E-state index in [1.807, 2.05) is 60.7 Å². The summed E-state index contributed by atoms with van der Waals surface area (Å²) in [5, 5.41) is 12.7. The number of aromatic nitrogens is 3. The van der Waals surface area contributed by atoms with Gasteiger partial charge in [-0.2, -0.15) is 0 Å². The largest absolute Gasteiger partial charge is 0.344 e. The summed E-state index contributed by atoms with van der Waals surface area (Å²) in [6.45, 7) is 2.93. The number of hydrogen-bond donors (Lipinski definition) is 1. The van der Waals surface area contributed by atoms with Gasteiger partial charge in [-0.3, -0.25) is 4.79 Å². The topological polar surface area (TPSA) is 59.8 Å². The van der Waals surface area contributed by atoms with Crippen molar-refractivity contribution < 1.29 is 4.79 Å². The maximum atomic E-state index is 12.7. The first-order valence-electron chi connectivity index (χ1n) is 9.71. The molecule has 3 aromatic rings. The first kappa shape index (κ1) is 18.7. The van der Waals surface area contributed by atoms with Crippen LogP contribution in [0.1, 0.15) is 48.7 Å². The molecule has 6 heteroatoms. The Kier molecular flexibility index (Phi) is 5.76. The Hall–Kier alpha value is -2.60. The van der Waals surface area contributed by atoms with E-state index in [1.54, 1.807) is 0 Å². The van der Waals surface area contributed by atoms with E-state index >= 15 is 0 Å². The number of amides is 1. The number of nitrogens with one attached hydrogen (secondary N) is 1. The number of carbonyl (C=O) groups excluding carboxylic acids is 1. The number of benzene rings is 2. The van der Waals surface area contributed by atoms with Crippen LogP contribution in [-0.2, 0) is 11.3 Å². The Morgan fingerprint density at radius 3 is 2.21 bits per heavy atom. The number of carbonyl (C=O) groups is 1. The Labute approximate surface area is 169 Å². The molecule has 5 nitrogen and oxygen atoms in total. The van der Waals surface area contributed by atoms with E-state index in [4.69, 9.17) is 0 Å². The van der Waals surface area contributed by atoms with Crippen molar-refractivity contribution in [2.45, 2.75) is 43.4 Å². The van der Waals surface area contributed by atoms with Crippen LogP contribution in [0.5, 0.6) is 0 Å². The normalized spacial score (nSPS) is 13.6. The lowest BCUT2D eigenvalue weighted by Crippen LogP contribution is -2.30. The molecule has 0 spiro atoms. The zero-order valence-corrected chi connectivity index (χ0v) is 16.7. The third kappa shape index (κ3) is 4.28. The predicted octanol–water partition coefficient (Wildman–Crippen LogP) is 4.17. The van der Waals surface area contributed by atoms with Gasteiger partial charge in [-0.05, 0) is 30.9 Å². The van der Waals surface area contributed by atoms with Crippen LogP contribution >= 0.6 is 11.8 Å². The van der Waals surface area contributed by atoms with Crippen molar-refractivity contribution in [1.29, 1.82) is 0 Å². The molecule has 0 radical (unpaired) electrons. The lowest BCUT2D eigenvalue weighted by atomic mass is 9.99. The molecule has 1 aromatic heterocycles. The van der Waals surface area contributed by atoms with Gasteiger partial charge in [0.15, 0.2) is 5.16 Å². The van der Waals surface area contributed by atoms with Gasteiger partial charge in [-0.25, -0.2) is 0 Å². The summed E-state index contributed by atoms with van der Waals surface area (Å²) < 4.78 is 2.14. The molecule has 1 N–H and O–H groups in total. The lowest BCUT2D eigenvalue weighted by molar-refractivity contribution is -0.119. The molecule has 1 fully saturated rings. The first-order valence-corrected chi connectivity index (χ1v) is 10.7. The molecule has 1 heterocycles. The molecule has 0 unspecified atom stereocenters. The van der Waals surface area contributed by atoms with Crippen molar-refractivity contribution in [1.82, 2.24) is 20.1 Å². The van der Waals surface area contributed by atoms with Gasteiger partial charge in [0.2, 0.25) is 5.91 Å². The molecule has 4 rings (SSSR count). The minimum Gasteiger partial charge on any atom is -0.344 e. The molecule has 144 valence electrons. The van der Waals surface area contributed by atoms with Gasteiger partial charge < -0.3 is 9.88 Å². The molecular weight excluding hydrogens is 368 g/mol. The van der Waals surface area contributed by atoms with Crippen LogP contribution in [0.2, 0.25) is 0 Å². The Balaban J connectivity index is 1.45. The third-order valence-electron chi connectivity index (χ3n) is 4.91. The van der Waals surface area contributed by atoms with Gasteiger partial charge in [-0.1, -0.05) is 72.4 Å². The molecule has 1 aliphatic carbocycles. The van der Waals surface area contributed by atoms with Crippen LogP contribution in [0.25, 0.3) is 0 Å². The van der Waals surface area contributed by atoms with E-state index in [9.17, 15) is 4.79 Å². The molecule has 1 amide bonds. The molecule has 0 saturated heterocycles. The molecule has 1 aliphatic rings. The van der Waals surface area contributed by atoms with Crippen LogP contribution in [-0.4, -0.2) is 26.4 Å². The highest BCUT2D eigenvalue weighted by atomic mass is 32.2. The van der Waals surface area contributed by atoms with Gasteiger partial charge in [0, 0.05) is 12.5 Å². The average Bonchev–Trinajstić information content (AvgIpc) is 3.51. The van der Waals surface area contributed by atoms with Gasteiger partial charge in [-0.15, -0.1) is 10.2 Å². The summed E-state index contributed by atoms with van der Waals surface area (Å²) in [6, 6.07) is 20.0. The van der Waals surface area contributed by atoms with E-state index in [1.165, 1.54) is 24.6 Å². The predicted molar refractivity (Wildman–Crippen MR) is 111 cm³/mol. The summed E-state index contributed by atoms with van der Waals surface area (Å²) in [5.74, 6) is 1.92. The second-order valence-corrected chi connectivity index (χ2v) is 7.91. The first-order chi connectivity index (χ1) is 13.8. The lowest BCUT2D eigenvalue weighted by Gasteiger charge is -2.20. The van der Waals surface area contributed by atoms with Crippen molar-refractivity contribution in [2.24, 2.45) is 0 Å². The van der Waals surface area contributed by atoms with Crippen LogP contribution in [0.3, 0.4) is 0 Å². The maximum absolute atomic E-state index is 12.7. The van der Waals surface area contributed by atoms with Crippen molar-refractivity contribution in [3.05, 3.63) is 77.6 Å². The minimum atomic E-state index is -0.165. The van der Waals surface area contributed by atoms with Gasteiger partial charge in [0.25, 0.3) is 0 Å². The van der Waals surface area contributed by atoms with Crippen LogP contribution in [0.15, 0.2) is 65.8 Å². The second-order valence-electron chi connectivity index (χ2n) is 6.97. The summed E-state index contributed by atoms with van der Waals surface area (Å²) in [4.78, 5) is 12.7. The van der Waals surface area contributed by atoms with E-state index < -0.39 is 0 Å². The summed E-state index contributed by atoms with van der Waals surface area (Å²) in [5.41, 5.74) is 2.14. The molecule has 0 atom stereocenters. The molecule has 0 aliphatic heterocycles. The Morgan fingerprint density at radius 1 is 1.07 bits per heavy atom. The smallest absolute Gasteiger partial charge is 0.231 e. The zero-order valence-electron chi connectivity index (χ0n) is 15.9. The van der Waals surface area contributed by atoms with E-state index in [0.29, 0.717) is 11.7 Å². The highest BCUT2D eigenvalue weighted by molar-refractivity contribution is 7.99. The molecule has 28 heavy (non-hydrogen) atoms. The average molecular weight is 393 g/mol. The molecular formula is C22H24N4OS. The highest BCUT2D eigenvalue weighted by Gasteiger charge is 2.30. The fraction of sp³-hybridized carbons (Fsp3) is 0.318. The van der Waals surface area contributed by atoms with Crippen molar-refractivity contribution in [3.8, 4) is 0 Å². The summed E-state index contributed by atoms with van der Waals surface area (Å²) in [7, 11) is 0. The van der Waals surface area contributed by atoms with Gasteiger partial charge in [0.1, 0.15) is 5.82 Å². The fourth-order valence-electron chi connectivity index (χ4n) is 3.33. The standard InChI is InChI=1S/C22H24N4OS/c1-2-26-21(18-13-14-18)24-25-22(26)28-15-19(27)23-20(16-9-5-3-6-10-16)17-11-7-4-8-12-17/h3-12,18,20H,2,13-15H2,1H3,(H,23,27). The number of rotatable bonds is 8. The van der Waals surface area contributed by atoms with Crippen molar-refractivity contribution in [3.63, 3.8) is 0 Å². The van der Waals surface area contributed by atoms with Crippen LogP contribution in [0.4, 0.5) is 0 Å². The number of thioether (sulfide) groups is 1. The van der Waals surface area contributed by atoms with Gasteiger partial charge >= 0.3 is 0 Å². The third-order valence-corrected chi connectivity index (χ3v) is 5.87. The SMILES string of the molecule is CCn1c(SCC(=O)NC(c2ccccc2)c2ccccc2)nnc1C1CC1. The zero-order chi connectivity index (χ0) is 19.3. The van der Waals surface area contributed by atoms with Crippen LogP contribution in [0, 0.1) is 0 Å². The van der Waals surface area contributed by atoms with E-state index in [-0.39, 0.29) is 11.9 Å². The summed E-state index contributed by atoms with van der Waals surface area (Å²) in [6.07, 6.45) is 2.39. The van der Waals surface area contributed by atoms with E-state index in [0.717, 1.165) is 28.7 Å². The number of nitrogens with zero attached hydrogens (tertiary/aromatic N) is 3. The second kappa shape index (κ2) is 8.61. The molecule has 2 aromatic carbocycles. The highest BCUT2D eigenvalue weighted by Crippen LogP contribution is 2.40. The van der Waals surface area contributed by atoms with Crippen LogP contribution < -0.4 is 5.32 Å². The minimum absolute atomic E-state index is 0.0127. The Bertz CT molecular complexity index is 883. The quantitative estimate of drug-likeness (QED) is 0.585. The molecule has 1 saturated carbocycles. The van der Waals surface area contributed by atoms with Crippen molar-refractivity contribution in [2.75, 3.05) is 5.75 Å². The summed E-state index contributed by atoms with van der Waals surface area (Å²) >= 11 is 1.46. The monoisotopic (exact) mass is 392 g/mol. The number of hydrogen-bond acceptors (Lipinski definition) is 4. The maximum Gasteiger partial charge on any atom is 0.231 e. The van der Waals surface area contributed by atoms with Gasteiger partial charge in [0.05, 0.1) is 11.8 Å². The molecule has 0 bridgehead atoms. The Morgan fingerprint density at radius 2 is 1.68 bits per heavy atom. The fourth-order valence-corrected chi connectivity index (χ4v) is 4.15. The van der Waals surface area contributed by atoms with E-state index in [2.05, 4.69) is 27.0 Å².